The maximum absolute atomic E-state index is 5.51. The van der Waals surface area contributed by atoms with E-state index in [-0.39, 0.29) is 24.0 Å². The van der Waals surface area contributed by atoms with E-state index in [1.165, 1.54) is 6.42 Å². The number of morpholine rings is 1. The summed E-state index contributed by atoms with van der Waals surface area (Å²) in [5.74, 6) is 1.61. The Bertz CT molecular complexity index is 373. The Morgan fingerprint density at radius 2 is 1.81 bits per heavy atom. The van der Waals surface area contributed by atoms with Crippen molar-refractivity contribution in [2.24, 2.45) is 10.9 Å². The molecule has 2 N–H and O–H groups in total. The number of hydrogen-bond donors (Lipinski definition) is 2. The fraction of sp³-hybridized carbons (Fsp3) is 0.947. The summed E-state index contributed by atoms with van der Waals surface area (Å²) < 4.78 is 5.51. The highest BCUT2D eigenvalue weighted by atomic mass is 127. The summed E-state index contributed by atoms with van der Waals surface area (Å²) in [6, 6.07) is 1.07. The lowest BCUT2D eigenvalue weighted by Gasteiger charge is -2.34. The monoisotopic (exact) mass is 483 g/mol. The number of rotatable bonds is 10. The molecular weight excluding hydrogens is 441 g/mol. The third-order valence-electron chi connectivity index (χ3n) is 4.75. The van der Waals surface area contributed by atoms with Crippen LogP contribution >= 0.6 is 24.0 Å². The van der Waals surface area contributed by atoms with E-state index in [1.54, 1.807) is 0 Å². The van der Waals surface area contributed by atoms with Gasteiger partial charge in [-0.15, -0.1) is 24.0 Å². The Morgan fingerprint density at radius 3 is 2.35 bits per heavy atom. The molecule has 1 fully saturated rings. The maximum Gasteiger partial charge on any atom is 0.191 e. The SMILES string of the molecule is CCNC(=NCC(CC(C)C)N1CCOCC1)NCCN(C)C(C)C.I. The van der Waals surface area contributed by atoms with Gasteiger partial charge in [-0.25, -0.2) is 0 Å². The third-order valence-corrected chi connectivity index (χ3v) is 4.75. The summed E-state index contributed by atoms with van der Waals surface area (Å²) in [4.78, 5) is 9.76. The van der Waals surface area contributed by atoms with Crippen LogP contribution in [-0.4, -0.2) is 87.4 Å². The molecule has 0 spiro atoms. The molecule has 26 heavy (non-hydrogen) atoms. The van der Waals surface area contributed by atoms with Crippen LogP contribution in [-0.2, 0) is 4.74 Å². The zero-order chi connectivity index (χ0) is 18.7. The lowest BCUT2D eigenvalue weighted by atomic mass is 10.0. The van der Waals surface area contributed by atoms with Crippen molar-refractivity contribution < 1.29 is 4.74 Å². The van der Waals surface area contributed by atoms with E-state index in [4.69, 9.17) is 9.73 Å². The van der Waals surface area contributed by atoms with E-state index < -0.39 is 0 Å². The third kappa shape index (κ3) is 10.9. The highest BCUT2D eigenvalue weighted by molar-refractivity contribution is 14.0. The van der Waals surface area contributed by atoms with Gasteiger partial charge in [-0.3, -0.25) is 9.89 Å². The van der Waals surface area contributed by atoms with E-state index in [2.05, 4.69) is 62.1 Å². The first-order chi connectivity index (χ1) is 11.9. The predicted molar refractivity (Wildman–Crippen MR) is 123 cm³/mol. The largest absolute Gasteiger partial charge is 0.379 e. The number of halogens is 1. The topological polar surface area (TPSA) is 52.1 Å². The minimum absolute atomic E-state index is 0. The molecule has 0 aromatic rings. The van der Waals surface area contributed by atoms with Gasteiger partial charge in [-0.2, -0.15) is 0 Å². The lowest BCUT2D eigenvalue weighted by molar-refractivity contribution is 0.0143. The highest BCUT2D eigenvalue weighted by Crippen LogP contribution is 2.14. The van der Waals surface area contributed by atoms with Crippen molar-refractivity contribution in [2.75, 3.05) is 59.5 Å². The van der Waals surface area contributed by atoms with Crippen molar-refractivity contribution in [1.82, 2.24) is 20.4 Å². The summed E-state index contributed by atoms with van der Waals surface area (Å²) in [6.07, 6.45) is 1.18. The first-order valence-electron chi connectivity index (χ1n) is 9.98. The van der Waals surface area contributed by atoms with Gasteiger partial charge in [-0.1, -0.05) is 13.8 Å². The minimum Gasteiger partial charge on any atom is -0.379 e. The van der Waals surface area contributed by atoms with Crippen LogP contribution in [0.1, 0.15) is 41.0 Å². The van der Waals surface area contributed by atoms with E-state index in [9.17, 15) is 0 Å². The van der Waals surface area contributed by atoms with Crippen molar-refractivity contribution >= 4 is 29.9 Å². The second-order valence-corrected chi connectivity index (χ2v) is 7.65. The number of likely N-dealkylation sites (N-methyl/N-ethyl adjacent to an activating group) is 1. The molecule has 0 aliphatic carbocycles. The normalized spacial score (nSPS) is 17.5. The Kier molecular flexibility index (Phi) is 14.8. The van der Waals surface area contributed by atoms with E-state index >= 15 is 0 Å². The van der Waals surface area contributed by atoms with Gasteiger partial charge in [0.1, 0.15) is 0 Å². The molecule has 1 unspecified atom stereocenters. The highest BCUT2D eigenvalue weighted by Gasteiger charge is 2.21. The molecule has 1 atom stereocenters. The molecule has 6 nitrogen and oxygen atoms in total. The number of nitrogens with zero attached hydrogens (tertiary/aromatic N) is 3. The number of ether oxygens (including phenoxy) is 1. The molecule has 0 saturated carbocycles. The molecule has 0 radical (unpaired) electrons. The van der Waals surface area contributed by atoms with Crippen molar-refractivity contribution in [3.63, 3.8) is 0 Å². The van der Waals surface area contributed by atoms with Crippen LogP contribution in [0.25, 0.3) is 0 Å². The van der Waals surface area contributed by atoms with Crippen molar-refractivity contribution in [3.8, 4) is 0 Å². The first-order valence-corrected chi connectivity index (χ1v) is 9.98. The fourth-order valence-corrected chi connectivity index (χ4v) is 2.97. The summed E-state index contributed by atoms with van der Waals surface area (Å²) in [5.41, 5.74) is 0. The van der Waals surface area contributed by atoms with Crippen molar-refractivity contribution in [1.29, 1.82) is 0 Å². The maximum atomic E-state index is 5.51. The Balaban J connectivity index is 0.00000625. The fourth-order valence-electron chi connectivity index (χ4n) is 2.97. The molecule has 0 aromatic heterocycles. The molecule has 7 heteroatoms. The van der Waals surface area contributed by atoms with Crippen LogP contribution < -0.4 is 10.6 Å². The number of hydrogen-bond acceptors (Lipinski definition) is 4. The molecular formula is C19H42IN5O. The van der Waals surface area contributed by atoms with E-state index in [1.807, 2.05) is 0 Å². The second-order valence-electron chi connectivity index (χ2n) is 7.65. The van der Waals surface area contributed by atoms with E-state index in [0.717, 1.165) is 58.4 Å². The summed E-state index contributed by atoms with van der Waals surface area (Å²) >= 11 is 0. The van der Waals surface area contributed by atoms with Gasteiger partial charge in [0.05, 0.1) is 19.8 Å². The second kappa shape index (κ2) is 14.9. The van der Waals surface area contributed by atoms with Crippen LogP contribution in [0.5, 0.6) is 0 Å². The van der Waals surface area contributed by atoms with Crippen LogP contribution in [0.4, 0.5) is 0 Å². The van der Waals surface area contributed by atoms with Gasteiger partial charge in [0.15, 0.2) is 5.96 Å². The van der Waals surface area contributed by atoms with Gasteiger partial charge in [-0.05, 0) is 40.2 Å². The molecule has 1 heterocycles. The van der Waals surface area contributed by atoms with Crippen LogP contribution in [0, 0.1) is 5.92 Å². The smallest absolute Gasteiger partial charge is 0.191 e. The molecule has 156 valence electrons. The Morgan fingerprint density at radius 1 is 1.15 bits per heavy atom. The average Bonchev–Trinajstić information content (AvgIpc) is 2.58. The summed E-state index contributed by atoms with van der Waals surface area (Å²) in [5, 5.41) is 6.85. The van der Waals surface area contributed by atoms with Gasteiger partial charge >= 0.3 is 0 Å². The molecule has 1 aliphatic heterocycles. The molecule has 0 bridgehead atoms. The standard InChI is InChI=1S/C19H41N5O.HI/c1-7-20-19(21-8-9-23(6)17(4)5)22-15-18(14-16(2)3)24-10-12-25-13-11-24;/h16-18H,7-15H2,1-6H3,(H2,20,21,22);1H. The van der Waals surface area contributed by atoms with Crippen LogP contribution in [0.15, 0.2) is 4.99 Å². The Hall–Kier alpha value is -0.120. The predicted octanol–water partition coefficient (Wildman–Crippen LogP) is 2.25. The number of aliphatic imine (C=N–C) groups is 1. The summed E-state index contributed by atoms with van der Waals surface area (Å²) in [6.45, 7) is 18.5. The molecule has 1 rings (SSSR count). The van der Waals surface area contributed by atoms with Crippen molar-refractivity contribution in [3.05, 3.63) is 0 Å². The summed E-state index contributed by atoms with van der Waals surface area (Å²) in [7, 11) is 2.16. The lowest BCUT2D eigenvalue weighted by Crippen LogP contribution is -2.47. The molecule has 1 aliphatic rings. The van der Waals surface area contributed by atoms with Crippen molar-refractivity contribution in [2.45, 2.75) is 53.1 Å². The molecule has 0 amide bonds. The molecule has 1 saturated heterocycles. The zero-order valence-electron chi connectivity index (χ0n) is 17.8. The minimum atomic E-state index is 0. The van der Waals surface area contributed by atoms with Gasteiger partial charge in [0.25, 0.3) is 0 Å². The quantitative estimate of drug-likeness (QED) is 0.284. The van der Waals surface area contributed by atoms with Gasteiger partial charge in [0.2, 0.25) is 0 Å². The Labute approximate surface area is 178 Å². The first kappa shape index (κ1) is 25.9. The van der Waals surface area contributed by atoms with Crippen LogP contribution in [0.2, 0.25) is 0 Å². The van der Waals surface area contributed by atoms with E-state index in [0.29, 0.717) is 18.0 Å². The van der Waals surface area contributed by atoms with Crippen LogP contribution in [0.3, 0.4) is 0 Å². The van der Waals surface area contributed by atoms with Gasteiger partial charge in [0, 0.05) is 44.8 Å². The molecule has 0 aromatic carbocycles. The number of nitrogens with one attached hydrogen (secondary N) is 2. The number of guanidine groups is 1. The van der Waals surface area contributed by atoms with Gasteiger partial charge < -0.3 is 20.3 Å². The average molecular weight is 483 g/mol. The zero-order valence-corrected chi connectivity index (χ0v) is 20.1.